The van der Waals surface area contributed by atoms with Gasteiger partial charge in [-0.3, -0.25) is 9.59 Å². The minimum Gasteiger partial charge on any atom is -0.481 e. The number of fused-ring (bicyclic) bond motifs is 1. The van der Waals surface area contributed by atoms with E-state index in [1.54, 1.807) is 30.0 Å². The van der Waals surface area contributed by atoms with E-state index in [4.69, 9.17) is 16.0 Å². The van der Waals surface area contributed by atoms with Crippen LogP contribution in [0.3, 0.4) is 0 Å². The zero-order chi connectivity index (χ0) is 16.7. The van der Waals surface area contributed by atoms with Crippen molar-refractivity contribution in [3.8, 4) is 0 Å². The highest BCUT2D eigenvalue weighted by Gasteiger charge is 2.37. The Balaban J connectivity index is 1.97. The first kappa shape index (κ1) is 15.9. The number of carboxylic acid groups (broad SMARTS) is 1. The smallest absolute Gasteiger partial charge is 0.308 e. The van der Waals surface area contributed by atoms with Gasteiger partial charge in [0.25, 0.3) is 5.91 Å². The highest BCUT2D eigenvalue weighted by Crippen LogP contribution is 2.31. The molecule has 2 atom stereocenters. The summed E-state index contributed by atoms with van der Waals surface area (Å²) in [5.74, 6) is -1.39. The lowest BCUT2D eigenvalue weighted by Crippen LogP contribution is -2.49. The molecule has 0 saturated carbocycles. The summed E-state index contributed by atoms with van der Waals surface area (Å²) in [6.07, 6.45) is 1.27. The SMILES string of the molecule is Cc1c(C(=O)N2CCC[C@@H](C(=O)O)[C@H]2C)oc2ccc(Cl)cc12. The minimum atomic E-state index is -0.858. The Morgan fingerprint density at radius 3 is 2.83 bits per heavy atom. The van der Waals surface area contributed by atoms with Crippen LogP contribution in [-0.4, -0.2) is 34.5 Å². The van der Waals surface area contributed by atoms with E-state index in [1.807, 2.05) is 6.92 Å². The number of hydrogen-bond donors (Lipinski definition) is 1. The van der Waals surface area contributed by atoms with E-state index in [-0.39, 0.29) is 17.7 Å². The van der Waals surface area contributed by atoms with Crippen LogP contribution in [-0.2, 0) is 4.79 Å². The van der Waals surface area contributed by atoms with E-state index in [0.717, 1.165) is 10.9 Å². The number of carboxylic acids is 1. The number of carbonyl (C=O) groups is 2. The lowest BCUT2D eigenvalue weighted by molar-refractivity contribution is -0.145. The first-order chi connectivity index (χ1) is 10.9. The van der Waals surface area contributed by atoms with Crippen LogP contribution in [0.1, 0.15) is 35.9 Å². The first-order valence-corrected chi connectivity index (χ1v) is 8.00. The standard InChI is InChI=1S/C17H18ClNO4/c1-9-13-8-11(18)5-6-14(13)23-15(9)16(20)19-7-3-4-12(10(19)2)17(21)22/h5-6,8,10,12H,3-4,7H2,1-2H3,(H,21,22)/t10-,12-/m1/s1. The van der Waals surface area contributed by atoms with Gasteiger partial charge in [-0.2, -0.15) is 0 Å². The molecular weight excluding hydrogens is 318 g/mol. The number of nitrogens with zero attached hydrogens (tertiary/aromatic N) is 1. The third kappa shape index (κ3) is 2.70. The summed E-state index contributed by atoms with van der Waals surface area (Å²) in [5, 5.41) is 10.7. The molecule has 1 aliphatic rings. The Morgan fingerprint density at radius 1 is 1.39 bits per heavy atom. The van der Waals surface area contributed by atoms with E-state index in [9.17, 15) is 14.7 Å². The molecule has 1 amide bonds. The number of likely N-dealkylation sites (tertiary alicyclic amines) is 1. The number of halogens is 1. The number of hydrogen-bond acceptors (Lipinski definition) is 3. The molecule has 0 aliphatic carbocycles. The molecule has 23 heavy (non-hydrogen) atoms. The number of furan rings is 1. The first-order valence-electron chi connectivity index (χ1n) is 7.62. The maximum absolute atomic E-state index is 12.9. The van der Waals surface area contributed by atoms with Gasteiger partial charge < -0.3 is 14.4 Å². The maximum Gasteiger partial charge on any atom is 0.308 e. The molecule has 1 aromatic carbocycles. The van der Waals surface area contributed by atoms with Crippen LogP contribution >= 0.6 is 11.6 Å². The summed E-state index contributed by atoms with van der Waals surface area (Å²) in [6.45, 7) is 4.14. The van der Waals surface area contributed by atoms with Gasteiger partial charge in [0.15, 0.2) is 5.76 Å². The predicted molar refractivity (Wildman–Crippen MR) is 86.8 cm³/mol. The van der Waals surface area contributed by atoms with E-state index in [1.165, 1.54) is 0 Å². The van der Waals surface area contributed by atoms with E-state index >= 15 is 0 Å². The van der Waals surface area contributed by atoms with Crippen molar-refractivity contribution in [3.63, 3.8) is 0 Å². The second-order valence-corrected chi connectivity index (χ2v) is 6.46. The van der Waals surface area contributed by atoms with Crippen molar-refractivity contribution in [3.05, 3.63) is 34.5 Å². The Labute approximate surface area is 138 Å². The molecular formula is C17H18ClNO4. The van der Waals surface area contributed by atoms with Crippen LogP contribution in [0.25, 0.3) is 11.0 Å². The fraction of sp³-hybridized carbons (Fsp3) is 0.412. The van der Waals surface area contributed by atoms with Gasteiger partial charge in [0, 0.05) is 28.6 Å². The molecule has 1 N–H and O–H groups in total. The average molecular weight is 336 g/mol. The Morgan fingerprint density at radius 2 is 2.13 bits per heavy atom. The van der Waals surface area contributed by atoms with Crippen LogP contribution in [0.15, 0.2) is 22.6 Å². The normalized spacial score (nSPS) is 21.6. The van der Waals surface area contributed by atoms with Gasteiger partial charge in [0.1, 0.15) is 5.58 Å². The van der Waals surface area contributed by atoms with Crippen molar-refractivity contribution in [1.29, 1.82) is 0 Å². The lowest BCUT2D eigenvalue weighted by Gasteiger charge is -2.37. The molecule has 2 heterocycles. The Hall–Kier alpha value is -2.01. The fourth-order valence-corrected chi connectivity index (χ4v) is 3.46. The molecule has 1 saturated heterocycles. The monoisotopic (exact) mass is 335 g/mol. The van der Waals surface area contributed by atoms with Crippen LogP contribution in [0.2, 0.25) is 5.02 Å². The van der Waals surface area contributed by atoms with Crippen LogP contribution < -0.4 is 0 Å². The van der Waals surface area contributed by atoms with Crippen LogP contribution in [0.4, 0.5) is 0 Å². The molecule has 0 spiro atoms. The van der Waals surface area contributed by atoms with Crippen molar-refractivity contribution >= 4 is 34.4 Å². The molecule has 1 aliphatic heterocycles. The summed E-state index contributed by atoms with van der Waals surface area (Å²) in [7, 11) is 0. The van der Waals surface area contributed by atoms with Gasteiger partial charge in [-0.05, 0) is 44.9 Å². The third-order valence-electron chi connectivity index (χ3n) is 4.66. The van der Waals surface area contributed by atoms with Crippen molar-refractivity contribution in [2.45, 2.75) is 32.7 Å². The molecule has 122 valence electrons. The Bertz CT molecular complexity index is 782. The molecule has 0 bridgehead atoms. The van der Waals surface area contributed by atoms with Crippen molar-refractivity contribution in [2.24, 2.45) is 5.92 Å². The largest absolute Gasteiger partial charge is 0.481 e. The lowest BCUT2D eigenvalue weighted by atomic mass is 9.90. The molecule has 2 aromatic rings. The van der Waals surface area contributed by atoms with E-state index in [0.29, 0.717) is 30.0 Å². The second-order valence-electron chi connectivity index (χ2n) is 6.02. The highest BCUT2D eigenvalue weighted by atomic mass is 35.5. The number of benzene rings is 1. The summed E-state index contributed by atoms with van der Waals surface area (Å²) in [6, 6.07) is 4.86. The summed E-state index contributed by atoms with van der Waals surface area (Å²) in [5.41, 5.74) is 1.34. The molecule has 0 unspecified atom stereocenters. The molecule has 1 fully saturated rings. The van der Waals surface area contributed by atoms with Gasteiger partial charge >= 0.3 is 5.97 Å². The van der Waals surface area contributed by atoms with Crippen molar-refractivity contribution in [1.82, 2.24) is 4.90 Å². The fourth-order valence-electron chi connectivity index (χ4n) is 3.29. The average Bonchev–Trinajstić information content (AvgIpc) is 2.83. The highest BCUT2D eigenvalue weighted by molar-refractivity contribution is 6.31. The quantitative estimate of drug-likeness (QED) is 0.908. The molecule has 5 nitrogen and oxygen atoms in total. The van der Waals surface area contributed by atoms with Gasteiger partial charge in [-0.25, -0.2) is 0 Å². The summed E-state index contributed by atoms with van der Waals surface area (Å²) >= 11 is 6.00. The number of carbonyl (C=O) groups excluding carboxylic acids is 1. The maximum atomic E-state index is 12.9. The van der Waals surface area contributed by atoms with E-state index < -0.39 is 11.9 Å². The summed E-state index contributed by atoms with van der Waals surface area (Å²) < 4.78 is 5.72. The summed E-state index contributed by atoms with van der Waals surface area (Å²) in [4.78, 5) is 25.8. The van der Waals surface area contributed by atoms with Gasteiger partial charge in [-0.1, -0.05) is 11.6 Å². The van der Waals surface area contributed by atoms with Crippen molar-refractivity contribution < 1.29 is 19.1 Å². The number of rotatable bonds is 2. The number of piperidine rings is 1. The van der Waals surface area contributed by atoms with Gasteiger partial charge in [0.2, 0.25) is 0 Å². The third-order valence-corrected chi connectivity index (χ3v) is 4.89. The molecule has 0 radical (unpaired) electrons. The molecule has 3 rings (SSSR count). The molecule has 6 heteroatoms. The second kappa shape index (κ2) is 5.89. The Kier molecular flexibility index (Phi) is 4.06. The van der Waals surface area contributed by atoms with Gasteiger partial charge in [-0.15, -0.1) is 0 Å². The number of aliphatic carboxylic acids is 1. The minimum absolute atomic E-state index is 0.256. The van der Waals surface area contributed by atoms with E-state index in [2.05, 4.69) is 0 Å². The number of amides is 1. The topological polar surface area (TPSA) is 70.8 Å². The van der Waals surface area contributed by atoms with Crippen LogP contribution in [0, 0.1) is 12.8 Å². The predicted octanol–water partition coefficient (Wildman–Crippen LogP) is 3.72. The van der Waals surface area contributed by atoms with Crippen LogP contribution in [0.5, 0.6) is 0 Å². The van der Waals surface area contributed by atoms with Crippen molar-refractivity contribution in [2.75, 3.05) is 6.54 Å². The number of aryl methyl sites for hydroxylation is 1. The zero-order valence-electron chi connectivity index (χ0n) is 13.0. The zero-order valence-corrected chi connectivity index (χ0v) is 13.8. The van der Waals surface area contributed by atoms with Gasteiger partial charge in [0.05, 0.1) is 5.92 Å². The molecule has 1 aromatic heterocycles.